The highest BCUT2D eigenvalue weighted by molar-refractivity contribution is 5.76. The lowest BCUT2D eigenvalue weighted by Gasteiger charge is -2.32. The van der Waals surface area contributed by atoms with Gasteiger partial charge in [0.25, 0.3) is 0 Å². The molecule has 2 aliphatic rings. The molecule has 0 aliphatic heterocycles. The number of hydrogen-bond acceptors (Lipinski definition) is 3. The van der Waals surface area contributed by atoms with Crippen LogP contribution < -0.4 is 0 Å². The molecule has 0 heterocycles. The predicted molar refractivity (Wildman–Crippen MR) is 124 cm³/mol. The maximum atomic E-state index is 12.3. The number of rotatable bonds is 11. The number of aliphatic hydroxyl groups excluding tert-OH is 2. The molecule has 0 aromatic heterocycles. The Hall–Kier alpha value is -1.13. The third-order valence-corrected chi connectivity index (χ3v) is 7.13. The van der Waals surface area contributed by atoms with Crippen molar-refractivity contribution >= 4 is 5.91 Å². The van der Waals surface area contributed by atoms with E-state index in [1.807, 2.05) is 18.0 Å². The van der Waals surface area contributed by atoms with Crippen LogP contribution in [0.3, 0.4) is 0 Å². The van der Waals surface area contributed by atoms with E-state index in [1.54, 1.807) is 0 Å². The van der Waals surface area contributed by atoms with Gasteiger partial charge in [0.15, 0.2) is 0 Å². The minimum atomic E-state index is -0.389. The molecule has 2 rings (SSSR count). The van der Waals surface area contributed by atoms with Crippen LogP contribution in [0.1, 0.15) is 91.9 Å². The van der Waals surface area contributed by atoms with Gasteiger partial charge in [-0.15, -0.1) is 0 Å². The quantitative estimate of drug-likeness (QED) is 0.355. The molecule has 5 atom stereocenters. The molecule has 30 heavy (non-hydrogen) atoms. The second kappa shape index (κ2) is 11.5. The molecule has 0 aromatic carbocycles. The maximum Gasteiger partial charge on any atom is 0.222 e. The third kappa shape index (κ3) is 7.23. The number of carbonyl (C=O) groups is 1. The summed E-state index contributed by atoms with van der Waals surface area (Å²) >= 11 is 0. The standard InChI is InChI=1S/C26H45NO3/c1-6-7-8-12-21(28)14-15-22-23-17-19(16-20(23)18-24(22)29)11-9-10-13-25(30)27(5)26(2,3)4/h14-16,20-24,28-29H,6-13,17-18H2,1-5H3/t20-,21-,22+,23-,24+/m0/s1. The van der Waals surface area contributed by atoms with Crippen LogP contribution in [0.25, 0.3) is 0 Å². The minimum Gasteiger partial charge on any atom is -0.392 e. The Morgan fingerprint density at radius 3 is 2.67 bits per heavy atom. The van der Waals surface area contributed by atoms with Crippen molar-refractivity contribution in [3.05, 3.63) is 23.8 Å². The van der Waals surface area contributed by atoms with E-state index in [9.17, 15) is 15.0 Å². The summed E-state index contributed by atoms with van der Waals surface area (Å²) in [6.07, 6.45) is 15.5. The Balaban J connectivity index is 1.75. The average molecular weight is 420 g/mol. The van der Waals surface area contributed by atoms with Gasteiger partial charge in [-0.1, -0.05) is 50.0 Å². The van der Waals surface area contributed by atoms with Crippen molar-refractivity contribution in [2.45, 2.75) is 110 Å². The summed E-state index contributed by atoms with van der Waals surface area (Å²) in [5.41, 5.74) is 1.38. The fraction of sp³-hybridized carbons (Fsp3) is 0.808. The number of hydrogen-bond donors (Lipinski definition) is 2. The second-order valence-electron chi connectivity index (χ2n) is 10.5. The van der Waals surface area contributed by atoms with Gasteiger partial charge in [-0.05, 0) is 71.1 Å². The Bertz CT molecular complexity index is 604. The zero-order valence-electron chi connectivity index (χ0n) is 19.9. The summed E-state index contributed by atoms with van der Waals surface area (Å²) in [7, 11) is 1.89. The summed E-state index contributed by atoms with van der Waals surface area (Å²) in [6.45, 7) is 8.37. The van der Waals surface area contributed by atoms with Crippen molar-refractivity contribution < 1.29 is 15.0 Å². The molecule has 0 bridgehead atoms. The van der Waals surface area contributed by atoms with Gasteiger partial charge in [-0.2, -0.15) is 0 Å². The van der Waals surface area contributed by atoms with Gasteiger partial charge in [0.05, 0.1) is 12.2 Å². The van der Waals surface area contributed by atoms with Gasteiger partial charge in [0.2, 0.25) is 5.91 Å². The first-order valence-corrected chi connectivity index (χ1v) is 12.1. The van der Waals surface area contributed by atoms with Gasteiger partial charge in [-0.3, -0.25) is 4.79 Å². The van der Waals surface area contributed by atoms with E-state index < -0.39 is 0 Å². The van der Waals surface area contributed by atoms with Crippen LogP contribution >= 0.6 is 0 Å². The molecule has 172 valence electrons. The summed E-state index contributed by atoms with van der Waals surface area (Å²) in [6, 6.07) is 0. The van der Waals surface area contributed by atoms with Gasteiger partial charge in [0.1, 0.15) is 0 Å². The van der Waals surface area contributed by atoms with E-state index >= 15 is 0 Å². The fourth-order valence-electron chi connectivity index (χ4n) is 4.92. The first kappa shape index (κ1) is 25.1. The van der Waals surface area contributed by atoms with Crippen molar-refractivity contribution in [2.24, 2.45) is 17.8 Å². The first-order chi connectivity index (χ1) is 14.1. The van der Waals surface area contributed by atoms with Crippen molar-refractivity contribution in [3.63, 3.8) is 0 Å². The number of aliphatic hydroxyl groups is 2. The SMILES string of the molecule is CCCCC[C@H](O)C=C[C@@H]1[C@H]2CC(CCCCC(=O)N(C)C(C)(C)C)=C[C@H]2C[C@H]1O. The number of allylic oxidation sites excluding steroid dienone is 2. The van der Waals surface area contributed by atoms with Crippen molar-refractivity contribution in [2.75, 3.05) is 7.05 Å². The van der Waals surface area contributed by atoms with E-state index in [1.165, 1.54) is 5.57 Å². The molecule has 2 aliphatic carbocycles. The maximum absolute atomic E-state index is 12.3. The molecule has 0 aromatic rings. The zero-order chi connectivity index (χ0) is 22.3. The predicted octanol–water partition coefficient (Wildman–Crippen LogP) is 5.24. The molecule has 2 N–H and O–H groups in total. The number of unbranched alkanes of at least 4 members (excludes halogenated alkanes) is 3. The Morgan fingerprint density at radius 2 is 2.00 bits per heavy atom. The largest absolute Gasteiger partial charge is 0.392 e. The fourth-order valence-corrected chi connectivity index (χ4v) is 4.92. The van der Waals surface area contributed by atoms with E-state index in [2.05, 4.69) is 39.8 Å². The number of nitrogens with zero attached hydrogens (tertiary/aromatic N) is 1. The molecule has 0 saturated heterocycles. The van der Waals surface area contributed by atoms with Crippen LogP contribution in [0.15, 0.2) is 23.8 Å². The monoisotopic (exact) mass is 419 g/mol. The van der Waals surface area contributed by atoms with Crippen LogP contribution in [0.4, 0.5) is 0 Å². The topological polar surface area (TPSA) is 60.8 Å². The zero-order valence-corrected chi connectivity index (χ0v) is 19.9. The summed E-state index contributed by atoms with van der Waals surface area (Å²) in [5, 5.41) is 20.7. The number of carbonyl (C=O) groups excluding carboxylic acids is 1. The summed E-state index contributed by atoms with van der Waals surface area (Å²) < 4.78 is 0. The van der Waals surface area contributed by atoms with E-state index in [0.29, 0.717) is 18.3 Å². The molecular formula is C26H45NO3. The Kier molecular flexibility index (Phi) is 9.62. The molecular weight excluding hydrogens is 374 g/mol. The smallest absolute Gasteiger partial charge is 0.222 e. The number of fused-ring (bicyclic) bond motifs is 1. The lowest BCUT2D eigenvalue weighted by molar-refractivity contribution is -0.134. The van der Waals surface area contributed by atoms with Crippen LogP contribution in [0.5, 0.6) is 0 Å². The van der Waals surface area contributed by atoms with Gasteiger partial charge >= 0.3 is 0 Å². The van der Waals surface area contributed by atoms with Crippen molar-refractivity contribution in [1.29, 1.82) is 0 Å². The minimum absolute atomic E-state index is 0.116. The first-order valence-electron chi connectivity index (χ1n) is 12.1. The normalized spacial score (nSPS) is 27.4. The molecule has 0 spiro atoms. The molecule has 1 fully saturated rings. The van der Waals surface area contributed by atoms with Crippen LogP contribution in [-0.4, -0.2) is 45.8 Å². The average Bonchev–Trinajstić information content (AvgIpc) is 3.18. The molecule has 0 unspecified atom stereocenters. The third-order valence-electron chi connectivity index (χ3n) is 7.13. The van der Waals surface area contributed by atoms with Gasteiger partial charge in [0, 0.05) is 24.9 Å². The summed E-state index contributed by atoms with van der Waals surface area (Å²) in [4.78, 5) is 14.1. The second-order valence-corrected chi connectivity index (χ2v) is 10.5. The van der Waals surface area contributed by atoms with Crippen LogP contribution in [0, 0.1) is 17.8 Å². The lowest BCUT2D eigenvalue weighted by atomic mass is 9.88. The molecule has 4 nitrogen and oxygen atoms in total. The Morgan fingerprint density at radius 1 is 1.27 bits per heavy atom. The van der Waals surface area contributed by atoms with Crippen LogP contribution in [0.2, 0.25) is 0 Å². The van der Waals surface area contributed by atoms with Gasteiger partial charge in [-0.25, -0.2) is 0 Å². The van der Waals surface area contributed by atoms with Crippen molar-refractivity contribution in [3.8, 4) is 0 Å². The summed E-state index contributed by atoms with van der Waals surface area (Å²) in [5.74, 6) is 1.33. The van der Waals surface area contributed by atoms with Crippen LogP contribution in [-0.2, 0) is 4.79 Å². The highest BCUT2D eigenvalue weighted by Crippen LogP contribution is 2.48. The van der Waals surface area contributed by atoms with E-state index in [4.69, 9.17) is 0 Å². The van der Waals surface area contributed by atoms with E-state index in [0.717, 1.165) is 57.8 Å². The molecule has 1 amide bonds. The molecule has 4 heteroatoms. The van der Waals surface area contributed by atoms with Gasteiger partial charge < -0.3 is 15.1 Å². The highest BCUT2D eigenvalue weighted by atomic mass is 16.3. The molecule has 0 radical (unpaired) electrons. The Labute approximate surface area is 184 Å². The van der Waals surface area contributed by atoms with Crippen molar-refractivity contribution in [1.82, 2.24) is 4.90 Å². The highest BCUT2D eigenvalue weighted by Gasteiger charge is 2.43. The van der Waals surface area contributed by atoms with E-state index in [-0.39, 0.29) is 29.6 Å². The molecule has 1 saturated carbocycles. The number of amides is 1. The lowest BCUT2D eigenvalue weighted by Crippen LogP contribution is -2.42.